The van der Waals surface area contributed by atoms with E-state index in [0.29, 0.717) is 12.4 Å². The number of aryl methyl sites for hydroxylation is 2. The highest BCUT2D eigenvalue weighted by Crippen LogP contribution is 2.31. The summed E-state index contributed by atoms with van der Waals surface area (Å²) in [7, 11) is 0. The molecule has 0 fully saturated rings. The second kappa shape index (κ2) is 6.75. The Hall–Kier alpha value is -2.81. The van der Waals surface area contributed by atoms with E-state index in [2.05, 4.69) is 6.07 Å². The zero-order chi connectivity index (χ0) is 17.1. The molecular weight excluding hydrogens is 303 g/mol. The van der Waals surface area contributed by atoms with Crippen LogP contribution < -0.4 is 4.74 Å². The second-order valence-electron chi connectivity index (χ2n) is 5.90. The van der Waals surface area contributed by atoms with Crippen LogP contribution in [0.2, 0.25) is 0 Å². The molecule has 122 valence electrons. The van der Waals surface area contributed by atoms with Crippen LogP contribution >= 0.6 is 0 Å². The lowest BCUT2D eigenvalue weighted by molar-refractivity contribution is 0.304. The van der Waals surface area contributed by atoms with Crippen LogP contribution in [0.25, 0.3) is 11.1 Å². The molecule has 0 saturated carbocycles. The summed E-state index contributed by atoms with van der Waals surface area (Å²) in [5, 5.41) is 9.70. The molecule has 2 nitrogen and oxygen atoms in total. The largest absolute Gasteiger partial charge is 0.508 e. The van der Waals surface area contributed by atoms with Crippen molar-refractivity contribution >= 4 is 0 Å². The van der Waals surface area contributed by atoms with Gasteiger partial charge in [0.1, 0.15) is 23.9 Å². The molecule has 0 unspecified atom stereocenters. The number of rotatable bonds is 4. The van der Waals surface area contributed by atoms with Crippen LogP contribution in [0, 0.1) is 19.7 Å². The first-order chi connectivity index (χ1) is 11.5. The minimum Gasteiger partial charge on any atom is -0.508 e. The van der Waals surface area contributed by atoms with Crippen LogP contribution in [-0.2, 0) is 6.61 Å². The Labute approximate surface area is 141 Å². The molecule has 3 rings (SSSR count). The first kappa shape index (κ1) is 16.1. The van der Waals surface area contributed by atoms with Crippen LogP contribution in [0.15, 0.2) is 60.7 Å². The summed E-state index contributed by atoms with van der Waals surface area (Å²) in [5.74, 6) is 0.480. The van der Waals surface area contributed by atoms with Crippen LogP contribution in [0.1, 0.15) is 16.7 Å². The summed E-state index contributed by atoms with van der Waals surface area (Å²) in [5.41, 5.74) is 5.24. The zero-order valence-corrected chi connectivity index (χ0v) is 13.7. The van der Waals surface area contributed by atoms with Crippen LogP contribution in [0.4, 0.5) is 4.39 Å². The van der Waals surface area contributed by atoms with E-state index >= 15 is 0 Å². The Bertz CT molecular complexity index is 848. The molecule has 0 bridgehead atoms. The van der Waals surface area contributed by atoms with E-state index in [4.69, 9.17) is 4.74 Å². The normalized spacial score (nSPS) is 10.6. The Morgan fingerprint density at radius 2 is 1.62 bits per heavy atom. The van der Waals surface area contributed by atoms with Gasteiger partial charge in [-0.2, -0.15) is 0 Å². The van der Waals surface area contributed by atoms with Crippen molar-refractivity contribution in [2.45, 2.75) is 20.5 Å². The highest BCUT2D eigenvalue weighted by Gasteiger charge is 2.08. The second-order valence-corrected chi connectivity index (χ2v) is 5.90. The van der Waals surface area contributed by atoms with Crippen molar-refractivity contribution in [2.24, 2.45) is 0 Å². The number of hydrogen-bond acceptors (Lipinski definition) is 2. The Kier molecular flexibility index (Phi) is 4.52. The lowest BCUT2D eigenvalue weighted by Crippen LogP contribution is -1.97. The molecule has 0 aliphatic carbocycles. The van der Waals surface area contributed by atoms with Crippen molar-refractivity contribution in [1.82, 2.24) is 0 Å². The summed E-state index contributed by atoms with van der Waals surface area (Å²) in [6, 6.07) is 17.7. The average molecular weight is 322 g/mol. The van der Waals surface area contributed by atoms with Crippen molar-refractivity contribution in [3.05, 3.63) is 83.2 Å². The van der Waals surface area contributed by atoms with Gasteiger partial charge in [-0.3, -0.25) is 0 Å². The molecule has 0 heterocycles. The van der Waals surface area contributed by atoms with Gasteiger partial charge >= 0.3 is 0 Å². The molecule has 3 aromatic rings. The van der Waals surface area contributed by atoms with Crippen molar-refractivity contribution in [2.75, 3.05) is 0 Å². The summed E-state index contributed by atoms with van der Waals surface area (Å²) in [4.78, 5) is 0. The first-order valence-electron chi connectivity index (χ1n) is 7.81. The van der Waals surface area contributed by atoms with E-state index in [1.54, 1.807) is 24.3 Å². The molecule has 3 heteroatoms. The molecule has 0 aromatic heterocycles. The van der Waals surface area contributed by atoms with E-state index < -0.39 is 0 Å². The lowest BCUT2D eigenvalue weighted by atomic mass is 9.94. The highest BCUT2D eigenvalue weighted by atomic mass is 19.1. The number of hydrogen-bond donors (Lipinski definition) is 1. The van der Waals surface area contributed by atoms with E-state index in [0.717, 1.165) is 27.8 Å². The maximum Gasteiger partial charge on any atom is 0.126 e. The SMILES string of the molecule is Cc1cc(O)cc(C)c1-c1cccc(COc2cccc(F)c2)c1. The molecular formula is C21H19FO2. The predicted molar refractivity (Wildman–Crippen MR) is 93.7 cm³/mol. The molecule has 0 spiro atoms. The molecule has 0 amide bonds. The van der Waals surface area contributed by atoms with Crippen molar-refractivity contribution in [3.8, 4) is 22.6 Å². The maximum absolute atomic E-state index is 13.2. The maximum atomic E-state index is 13.2. The monoisotopic (exact) mass is 322 g/mol. The molecule has 1 N–H and O–H groups in total. The smallest absolute Gasteiger partial charge is 0.126 e. The number of ether oxygens (including phenoxy) is 1. The first-order valence-corrected chi connectivity index (χ1v) is 7.81. The number of phenolic OH excluding ortho intramolecular Hbond substituents is 1. The highest BCUT2D eigenvalue weighted by molar-refractivity contribution is 5.72. The third-order valence-corrected chi connectivity index (χ3v) is 3.93. The van der Waals surface area contributed by atoms with Crippen molar-refractivity contribution < 1.29 is 14.2 Å². The van der Waals surface area contributed by atoms with Crippen LogP contribution in [-0.4, -0.2) is 5.11 Å². The van der Waals surface area contributed by atoms with Gasteiger partial charge in [0.15, 0.2) is 0 Å². The fourth-order valence-corrected chi connectivity index (χ4v) is 2.94. The Morgan fingerprint density at radius 3 is 2.33 bits per heavy atom. The topological polar surface area (TPSA) is 29.5 Å². The number of phenols is 1. The Morgan fingerprint density at radius 1 is 0.917 bits per heavy atom. The molecule has 0 aliphatic rings. The zero-order valence-electron chi connectivity index (χ0n) is 13.7. The lowest BCUT2D eigenvalue weighted by Gasteiger charge is -2.13. The molecule has 0 saturated heterocycles. The predicted octanol–water partition coefficient (Wildman–Crippen LogP) is 5.39. The van der Waals surface area contributed by atoms with Gasteiger partial charge in [-0.15, -0.1) is 0 Å². The number of aromatic hydroxyl groups is 1. The summed E-state index contributed by atoms with van der Waals surface area (Å²) in [6.07, 6.45) is 0. The van der Waals surface area contributed by atoms with Gasteiger partial charge in [-0.25, -0.2) is 4.39 Å². The van der Waals surface area contributed by atoms with Gasteiger partial charge in [-0.05, 0) is 72.0 Å². The standard InChI is InChI=1S/C21H19FO2/c1-14-9-19(23)10-15(2)21(14)17-6-3-5-16(11-17)13-24-20-8-4-7-18(22)12-20/h3-12,23H,13H2,1-2H3. The minimum atomic E-state index is -0.309. The fourth-order valence-electron chi connectivity index (χ4n) is 2.94. The van der Waals surface area contributed by atoms with E-state index in [1.807, 2.05) is 32.0 Å². The molecule has 0 aliphatic heterocycles. The quantitative estimate of drug-likeness (QED) is 0.697. The summed E-state index contributed by atoms with van der Waals surface area (Å²) < 4.78 is 18.9. The molecule has 24 heavy (non-hydrogen) atoms. The van der Waals surface area contributed by atoms with Crippen LogP contribution in [0.5, 0.6) is 11.5 Å². The van der Waals surface area contributed by atoms with Gasteiger partial charge < -0.3 is 9.84 Å². The fraction of sp³-hybridized carbons (Fsp3) is 0.143. The number of halogens is 1. The van der Waals surface area contributed by atoms with Crippen molar-refractivity contribution in [1.29, 1.82) is 0 Å². The Balaban J connectivity index is 1.85. The summed E-state index contributed by atoms with van der Waals surface area (Å²) in [6.45, 7) is 4.34. The van der Waals surface area contributed by atoms with Gasteiger partial charge in [0, 0.05) is 6.07 Å². The summed E-state index contributed by atoms with van der Waals surface area (Å²) >= 11 is 0. The molecule has 3 aromatic carbocycles. The average Bonchev–Trinajstić information content (AvgIpc) is 2.52. The minimum absolute atomic E-state index is 0.277. The van der Waals surface area contributed by atoms with Gasteiger partial charge in [0.05, 0.1) is 0 Å². The van der Waals surface area contributed by atoms with Crippen molar-refractivity contribution in [3.63, 3.8) is 0 Å². The van der Waals surface area contributed by atoms with E-state index in [1.165, 1.54) is 12.1 Å². The van der Waals surface area contributed by atoms with E-state index in [9.17, 15) is 9.50 Å². The number of benzene rings is 3. The third kappa shape index (κ3) is 3.57. The van der Waals surface area contributed by atoms with Gasteiger partial charge in [-0.1, -0.05) is 24.3 Å². The van der Waals surface area contributed by atoms with Gasteiger partial charge in [0.25, 0.3) is 0 Å². The third-order valence-electron chi connectivity index (χ3n) is 3.93. The molecule has 0 atom stereocenters. The van der Waals surface area contributed by atoms with Crippen LogP contribution in [0.3, 0.4) is 0 Å². The van der Waals surface area contributed by atoms with E-state index in [-0.39, 0.29) is 11.6 Å². The molecule has 0 radical (unpaired) electrons. The van der Waals surface area contributed by atoms with Gasteiger partial charge in [0.2, 0.25) is 0 Å².